The maximum absolute atomic E-state index is 14.1. The average molecular weight is 369 g/mol. The lowest BCUT2D eigenvalue weighted by atomic mass is 10.1. The number of hydrogen-bond acceptors (Lipinski definition) is 5. The molecule has 1 saturated heterocycles. The molecule has 0 unspecified atom stereocenters. The first kappa shape index (κ1) is 16.5. The third-order valence-electron chi connectivity index (χ3n) is 5.20. The van der Waals surface area contributed by atoms with E-state index in [1.54, 1.807) is 18.2 Å². The molecule has 2 aromatic heterocycles. The number of pyridine rings is 1. The smallest absolute Gasteiger partial charge is 0.150 e. The van der Waals surface area contributed by atoms with E-state index in [-0.39, 0.29) is 18.0 Å². The largest absolute Gasteiger partial charge is 0.368 e. The fourth-order valence-electron chi connectivity index (χ4n) is 3.89. The van der Waals surface area contributed by atoms with Gasteiger partial charge in [0, 0.05) is 31.4 Å². The third kappa shape index (κ3) is 2.90. The van der Waals surface area contributed by atoms with Gasteiger partial charge in [0.15, 0.2) is 5.82 Å². The van der Waals surface area contributed by atoms with Crippen molar-refractivity contribution in [2.45, 2.75) is 25.3 Å². The second-order valence-electron chi connectivity index (χ2n) is 6.92. The van der Waals surface area contributed by atoms with Crippen molar-refractivity contribution in [2.75, 3.05) is 13.1 Å². The van der Waals surface area contributed by atoms with E-state index in [1.807, 2.05) is 4.68 Å². The molecule has 0 aliphatic carbocycles. The summed E-state index contributed by atoms with van der Waals surface area (Å²) in [7, 11) is 0. The minimum atomic E-state index is -0.424. The molecule has 3 aromatic rings. The number of halogens is 2. The zero-order chi connectivity index (χ0) is 18.4. The van der Waals surface area contributed by atoms with Gasteiger partial charge < -0.3 is 4.74 Å². The highest BCUT2D eigenvalue weighted by molar-refractivity contribution is 5.61. The number of fused-ring (bicyclic) bond motifs is 3. The van der Waals surface area contributed by atoms with Gasteiger partial charge in [-0.05, 0) is 23.8 Å². The molecule has 0 amide bonds. The molecule has 4 heterocycles. The SMILES string of the molecule is Fc1ccc(CN2C[C@@H]3OCc4c(-c5ccncc5F)nnn4[C@H]3C2)cc1. The van der Waals surface area contributed by atoms with Crippen LogP contribution in [0.1, 0.15) is 17.3 Å². The molecule has 27 heavy (non-hydrogen) atoms. The zero-order valence-electron chi connectivity index (χ0n) is 14.4. The van der Waals surface area contributed by atoms with E-state index in [0.717, 1.165) is 24.3 Å². The molecule has 0 radical (unpaired) electrons. The first-order chi connectivity index (χ1) is 13.2. The maximum Gasteiger partial charge on any atom is 0.150 e. The van der Waals surface area contributed by atoms with Crippen molar-refractivity contribution < 1.29 is 13.5 Å². The Morgan fingerprint density at radius 3 is 2.78 bits per heavy atom. The average Bonchev–Trinajstić information content (AvgIpc) is 3.27. The summed E-state index contributed by atoms with van der Waals surface area (Å²) in [5, 5.41) is 8.51. The molecule has 0 bridgehead atoms. The summed E-state index contributed by atoms with van der Waals surface area (Å²) in [5.74, 6) is -0.660. The third-order valence-corrected chi connectivity index (χ3v) is 5.20. The quantitative estimate of drug-likeness (QED) is 0.710. The Morgan fingerprint density at radius 2 is 1.96 bits per heavy atom. The first-order valence-electron chi connectivity index (χ1n) is 8.81. The fourth-order valence-corrected chi connectivity index (χ4v) is 3.89. The second-order valence-corrected chi connectivity index (χ2v) is 6.92. The zero-order valence-corrected chi connectivity index (χ0v) is 14.4. The number of benzene rings is 1. The standard InChI is InChI=1S/C19H17F2N5O/c20-13-3-1-12(2-4-13)8-25-9-16-18(10-25)27-11-17-19(23-24-26(16)17)14-5-6-22-7-15(14)21/h1-7,16,18H,8-11H2/t16-,18-/m0/s1. The van der Waals surface area contributed by atoms with Gasteiger partial charge in [-0.3, -0.25) is 9.88 Å². The van der Waals surface area contributed by atoms with Crippen molar-refractivity contribution in [2.24, 2.45) is 0 Å². The van der Waals surface area contributed by atoms with Crippen molar-refractivity contribution >= 4 is 0 Å². The minimum Gasteiger partial charge on any atom is -0.368 e. The minimum absolute atomic E-state index is 0.00906. The van der Waals surface area contributed by atoms with Crippen LogP contribution >= 0.6 is 0 Å². The van der Waals surface area contributed by atoms with Gasteiger partial charge in [-0.2, -0.15) is 0 Å². The highest BCUT2D eigenvalue weighted by Crippen LogP contribution is 2.35. The Morgan fingerprint density at radius 1 is 1.11 bits per heavy atom. The lowest BCUT2D eigenvalue weighted by molar-refractivity contribution is -0.00494. The van der Waals surface area contributed by atoms with Gasteiger partial charge in [0.2, 0.25) is 0 Å². The van der Waals surface area contributed by atoms with Crippen molar-refractivity contribution in [1.82, 2.24) is 24.9 Å². The van der Waals surface area contributed by atoms with Crippen LogP contribution in [0.3, 0.4) is 0 Å². The molecular weight excluding hydrogens is 352 g/mol. The van der Waals surface area contributed by atoms with E-state index in [9.17, 15) is 8.78 Å². The van der Waals surface area contributed by atoms with Gasteiger partial charge in [-0.1, -0.05) is 17.3 Å². The van der Waals surface area contributed by atoms with Gasteiger partial charge in [0.05, 0.1) is 30.6 Å². The predicted molar refractivity (Wildman–Crippen MR) is 92.5 cm³/mol. The second kappa shape index (κ2) is 6.47. The van der Waals surface area contributed by atoms with Crippen LogP contribution in [-0.2, 0) is 17.9 Å². The molecule has 2 aliphatic rings. The summed E-state index contributed by atoms with van der Waals surface area (Å²) in [6, 6.07) is 8.16. The Labute approximate surface area is 154 Å². The molecular formula is C19H17F2N5O. The van der Waals surface area contributed by atoms with E-state index in [1.165, 1.54) is 24.5 Å². The van der Waals surface area contributed by atoms with E-state index in [4.69, 9.17) is 4.74 Å². The molecule has 5 rings (SSSR count). The van der Waals surface area contributed by atoms with Gasteiger partial charge >= 0.3 is 0 Å². The number of likely N-dealkylation sites (tertiary alicyclic amines) is 1. The molecule has 0 N–H and O–H groups in total. The fraction of sp³-hybridized carbons (Fsp3) is 0.316. The van der Waals surface area contributed by atoms with Crippen molar-refractivity contribution in [3.63, 3.8) is 0 Å². The summed E-state index contributed by atoms with van der Waals surface area (Å²) in [5.41, 5.74) is 2.72. The normalized spacial score (nSPS) is 21.9. The van der Waals surface area contributed by atoms with Gasteiger partial charge in [-0.25, -0.2) is 13.5 Å². The summed E-state index contributed by atoms with van der Waals surface area (Å²) >= 11 is 0. The molecule has 0 saturated carbocycles. The Kier molecular flexibility index (Phi) is 3.95. The Hall–Kier alpha value is -2.71. The van der Waals surface area contributed by atoms with Crippen LogP contribution in [0.5, 0.6) is 0 Å². The van der Waals surface area contributed by atoms with Crippen LogP contribution in [0.25, 0.3) is 11.3 Å². The van der Waals surface area contributed by atoms with Gasteiger partial charge in [0.1, 0.15) is 11.5 Å². The van der Waals surface area contributed by atoms with Gasteiger partial charge in [-0.15, -0.1) is 5.10 Å². The van der Waals surface area contributed by atoms with E-state index >= 15 is 0 Å². The Balaban J connectivity index is 1.39. The molecule has 1 aromatic carbocycles. The summed E-state index contributed by atoms with van der Waals surface area (Å²) in [4.78, 5) is 6.04. The van der Waals surface area contributed by atoms with Crippen LogP contribution in [0, 0.1) is 11.6 Å². The summed E-state index contributed by atoms with van der Waals surface area (Å²) in [6.45, 7) is 2.57. The van der Waals surface area contributed by atoms with Crippen LogP contribution in [0.4, 0.5) is 8.78 Å². The number of hydrogen-bond donors (Lipinski definition) is 0. The van der Waals surface area contributed by atoms with Crippen molar-refractivity contribution in [1.29, 1.82) is 0 Å². The number of rotatable bonds is 3. The number of nitrogens with zero attached hydrogens (tertiary/aromatic N) is 5. The lowest BCUT2D eigenvalue weighted by Gasteiger charge is -2.26. The van der Waals surface area contributed by atoms with E-state index in [2.05, 4.69) is 20.2 Å². The van der Waals surface area contributed by atoms with Crippen LogP contribution < -0.4 is 0 Å². The molecule has 1 fully saturated rings. The lowest BCUT2D eigenvalue weighted by Crippen LogP contribution is -2.32. The van der Waals surface area contributed by atoms with E-state index in [0.29, 0.717) is 24.4 Å². The highest BCUT2D eigenvalue weighted by atomic mass is 19.1. The summed E-state index contributed by atoms with van der Waals surface area (Å²) < 4.78 is 35.1. The maximum atomic E-state index is 14.1. The summed E-state index contributed by atoms with van der Waals surface area (Å²) in [6.07, 6.45) is 2.72. The molecule has 6 nitrogen and oxygen atoms in total. The molecule has 8 heteroatoms. The van der Waals surface area contributed by atoms with Crippen molar-refractivity contribution in [3.8, 4) is 11.3 Å². The van der Waals surface area contributed by atoms with E-state index < -0.39 is 5.82 Å². The monoisotopic (exact) mass is 369 g/mol. The number of aromatic nitrogens is 4. The van der Waals surface area contributed by atoms with Gasteiger partial charge in [0.25, 0.3) is 0 Å². The molecule has 2 atom stereocenters. The first-order valence-corrected chi connectivity index (χ1v) is 8.81. The molecule has 0 spiro atoms. The van der Waals surface area contributed by atoms with Crippen molar-refractivity contribution in [3.05, 3.63) is 65.6 Å². The van der Waals surface area contributed by atoms with Crippen LogP contribution in [-0.4, -0.2) is 44.1 Å². The number of ether oxygens (including phenoxy) is 1. The Bertz CT molecular complexity index is 974. The predicted octanol–water partition coefficient (Wildman–Crippen LogP) is 2.57. The molecule has 138 valence electrons. The highest BCUT2D eigenvalue weighted by Gasteiger charge is 2.40. The topological polar surface area (TPSA) is 56.1 Å². The van der Waals surface area contributed by atoms with Crippen LogP contribution in [0.2, 0.25) is 0 Å². The molecule has 2 aliphatic heterocycles. The van der Waals surface area contributed by atoms with Crippen LogP contribution in [0.15, 0.2) is 42.7 Å².